The second kappa shape index (κ2) is 5.84. The standard InChI is InChI=1S/C16H25N7O/c1-5-23-15(14-11(3)21(4)20-17-14)18-19-16(23)22-8-10(2)24-13(9-22)12-6-7-12/h10,12-13H,5-9H2,1-4H3. The van der Waals surface area contributed by atoms with Crippen LogP contribution in [0.5, 0.6) is 0 Å². The van der Waals surface area contributed by atoms with Gasteiger partial charge in [0.2, 0.25) is 5.95 Å². The van der Waals surface area contributed by atoms with Gasteiger partial charge in [-0.05, 0) is 39.5 Å². The van der Waals surface area contributed by atoms with Gasteiger partial charge in [-0.25, -0.2) is 0 Å². The third-order valence-electron chi connectivity index (χ3n) is 5.08. The molecule has 3 heterocycles. The molecule has 8 nitrogen and oxygen atoms in total. The van der Waals surface area contributed by atoms with E-state index in [1.165, 1.54) is 12.8 Å². The molecule has 4 rings (SSSR count). The first-order valence-electron chi connectivity index (χ1n) is 8.78. The number of morpholine rings is 1. The highest BCUT2D eigenvalue weighted by Crippen LogP contribution is 2.37. The van der Waals surface area contributed by atoms with Crippen LogP contribution < -0.4 is 4.90 Å². The van der Waals surface area contributed by atoms with Crippen LogP contribution in [0.4, 0.5) is 5.95 Å². The number of nitrogens with zero attached hydrogens (tertiary/aromatic N) is 7. The van der Waals surface area contributed by atoms with Crippen molar-refractivity contribution in [2.75, 3.05) is 18.0 Å². The minimum Gasteiger partial charge on any atom is -0.371 e. The molecule has 0 spiro atoms. The zero-order chi connectivity index (χ0) is 16.8. The fraction of sp³-hybridized carbons (Fsp3) is 0.750. The maximum Gasteiger partial charge on any atom is 0.227 e. The summed E-state index contributed by atoms with van der Waals surface area (Å²) in [5.41, 5.74) is 1.80. The number of hydrogen-bond acceptors (Lipinski definition) is 6. The summed E-state index contributed by atoms with van der Waals surface area (Å²) in [4.78, 5) is 2.32. The van der Waals surface area contributed by atoms with Crippen LogP contribution in [0.3, 0.4) is 0 Å². The van der Waals surface area contributed by atoms with E-state index in [4.69, 9.17) is 4.74 Å². The Morgan fingerprint density at radius 1 is 1.17 bits per heavy atom. The molecule has 2 atom stereocenters. The van der Waals surface area contributed by atoms with Crippen molar-refractivity contribution < 1.29 is 4.74 Å². The van der Waals surface area contributed by atoms with Crippen molar-refractivity contribution in [1.82, 2.24) is 29.8 Å². The smallest absolute Gasteiger partial charge is 0.227 e. The molecular formula is C16H25N7O. The van der Waals surface area contributed by atoms with Gasteiger partial charge in [0.25, 0.3) is 0 Å². The molecule has 1 aliphatic heterocycles. The van der Waals surface area contributed by atoms with Crippen LogP contribution in [0.15, 0.2) is 0 Å². The largest absolute Gasteiger partial charge is 0.371 e. The molecule has 8 heteroatoms. The molecular weight excluding hydrogens is 306 g/mol. The van der Waals surface area contributed by atoms with Crippen LogP contribution in [0.25, 0.3) is 11.5 Å². The Bertz CT molecular complexity index is 733. The number of hydrogen-bond donors (Lipinski definition) is 0. The van der Waals surface area contributed by atoms with Crippen molar-refractivity contribution >= 4 is 5.95 Å². The molecule has 2 aliphatic rings. The summed E-state index contributed by atoms with van der Waals surface area (Å²) in [5.74, 6) is 2.42. The van der Waals surface area contributed by atoms with Crippen LogP contribution in [-0.4, -0.2) is 55.1 Å². The zero-order valence-electron chi connectivity index (χ0n) is 14.8. The summed E-state index contributed by atoms with van der Waals surface area (Å²) >= 11 is 0. The highest BCUT2D eigenvalue weighted by atomic mass is 16.5. The number of anilines is 1. The molecule has 2 unspecified atom stereocenters. The monoisotopic (exact) mass is 331 g/mol. The van der Waals surface area contributed by atoms with Gasteiger partial charge in [0, 0.05) is 26.7 Å². The van der Waals surface area contributed by atoms with Gasteiger partial charge >= 0.3 is 0 Å². The van der Waals surface area contributed by atoms with Crippen LogP contribution in [0.1, 0.15) is 32.4 Å². The second-order valence-corrected chi connectivity index (χ2v) is 6.94. The lowest BCUT2D eigenvalue weighted by Crippen LogP contribution is -2.48. The van der Waals surface area contributed by atoms with Gasteiger partial charge in [0.05, 0.1) is 17.9 Å². The van der Waals surface area contributed by atoms with E-state index in [-0.39, 0.29) is 6.10 Å². The lowest BCUT2D eigenvalue weighted by Gasteiger charge is -2.37. The second-order valence-electron chi connectivity index (χ2n) is 6.94. The van der Waals surface area contributed by atoms with Gasteiger partial charge < -0.3 is 9.64 Å². The Balaban J connectivity index is 1.67. The Labute approximate surface area is 141 Å². The van der Waals surface area contributed by atoms with Gasteiger partial charge in [-0.15, -0.1) is 15.3 Å². The van der Waals surface area contributed by atoms with E-state index in [0.29, 0.717) is 6.10 Å². The van der Waals surface area contributed by atoms with Crippen LogP contribution in [-0.2, 0) is 18.3 Å². The van der Waals surface area contributed by atoms with E-state index < -0.39 is 0 Å². The lowest BCUT2D eigenvalue weighted by molar-refractivity contribution is -0.0277. The van der Waals surface area contributed by atoms with Crippen molar-refractivity contribution in [2.24, 2.45) is 13.0 Å². The number of aryl methyl sites for hydroxylation is 1. The molecule has 1 saturated carbocycles. The highest BCUT2D eigenvalue weighted by Gasteiger charge is 2.38. The van der Waals surface area contributed by atoms with Gasteiger partial charge in [-0.2, -0.15) is 0 Å². The molecule has 2 aromatic rings. The number of aromatic nitrogens is 6. The SMILES string of the molecule is CCn1c(-c2nnn(C)c2C)nnc1N1CC(C)OC(C2CC2)C1. The molecule has 2 aromatic heterocycles. The summed E-state index contributed by atoms with van der Waals surface area (Å²) < 4.78 is 10.0. The average molecular weight is 331 g/mol. The normalized spacial score (nSPS) is 24.6. The first kappa shape index (κ1) is 15.6. The quantitative estimate of drug-likeness (QED) is 0.843. The van der Waals surface area contributed by atoms with Crippen LogP contribution in [0.2, 0.25) is 0 Å². The van der Waals surface area contributed by atoms with Crippen molar-refractivity contribution in [3.05, 3.63) is 5.69 Å². The highest BCUT2D eigenvalue weighted by molar-refractivity contribution is 5.55. The van der Waals surface area contributed by atoms with Crippen molar-refractivity contribution in [3.8, 4) is 11.5 Å². The van der Waals surface area contributed by atoms with E-state index in [9.17, 15) is 0 Å². The topological polar surface area (TPSA) is 73.9 Å². The van der Waals surface area contributed by atoms with E-state index >= 15 is 0 Å². The molecule has 1 aliphatic carbocycles. The summed E-state index contributed by atoms with van der Waals surface area (Å²) in [6.07, 6.45) is 3.11. The Morgan fingerprint density at radius 2 is 1.96 bits per heavy atom. The van der Waals surface area contributed by atoms with Gasteiger partial charge in [-0.1, -0.05) is 5.21 Å². The van der Waals surface area contributed by atoms with Crippen molar-refractivity contribution in [1.29, 1.82) is 0 Å². The van der Waals surface area contributed by atoms with Crippen molar-refractivity contribution in [2.45, 2.75) is 52.4 Å². The molecule has 1 saturated heterocycles. The third kappa shape index (κ3) is 2.58. The molecule has 2 fully saturated rings. The van der Waals surface area contributed by atoms with Gasteiger partial charge in [0.15, 0.2) is 11.5 Å². The molecule has 0 bridgehead atoms. The fourth-order valence-corrected chi connectivity index (χ4v) is 3.48. The molecule has 0 radical (unpaired) electrons. The third-order valence-corrected chi connectivity index (χ3v) is 5.08. The maximum atomic E-state index is 6.12. The summed E-state index contributed by atoms with van der Waals surface area (Å²) in [7, 11) is 1.89. The van der Waals surface area contributed by atoms with E-state index in [2.05, 4.69) is 43.8 Å². The van der Waals surface area contributed by atoms with Gasteiger partial charge in [0.1, 0.15) is 0 Å². The predicted molar refractivity (Wildman–Crippen MR) is 89.7 cm³/mol. The van der Waals surface area contributed by atoms with Gasteiger partial charge in [-0.3, -0.25) is 9.25 Å². The van der Waals surface area contributed by atoms with Crippen LogP contribution in [0, 0.1) is 12.8 Å². The number of ether oxygens (including phenoxy) is 1. The summed E-state index contributed by atoms with van der Waals surface area (Å²) in [6, 6.07) is 0. The molecule has 130 valence electrons. The minimum absolute atomic E-state index is 0.216. The minimum atomic E-state index is 0.216. The van der Waals surface area contributed by atoms with E-state index in [0.717, 1.165) is 48.7 Å². The Kier molecular flexibility index (Phi) is 3.79. The molecule has 0 aromatic carbocycles. The predicted octanol–water partition coefficient (Wildman–Crippen LogP) is 1.41. The molecule has 0 amide bonds. The average Bonchev–Trinajstić information content (AvgIpc) is 3.26. The first-order chi connectivity index (χ1) is 11.6. The molecule has 0 N–H and O–H groups in total. The number of rotatable bonds is 4. The summed E-state index contributed by atoms with van der Waals surface area (Å²) in [5, 5.41) is 17.3. The Hall–Kier alpha value is -1.96. The molecule has 24 heavy (non-hydrogen) atoms. The Morgan fingerprint density at radius 3 is 2.58 bits per heavy atom. The lowest BCUT2D eigenvalue weighted by atomic mass is 10.1. The fourth-order valence-electron chi connectivity index (χ4n) is 3.48. The van der Waals surface area contributed by atoms with E-state index in [1.807, 2.05) is 14.0 Å². The zero-order valence-corrected chi connectivity index (χ0v) is 14.8. The summed E-state index contributed by atoms with van der Waals surface area (Å²) in [6.45, 7) is 8.80. The van der Waals surface area contributed by atoms with Crippen LogP contribution >= 0.6 is 0 Å². The first-order valence-corrected chi connectivity index (χ1v) is 8.78. The van der Waals surface area contributed by atoms with Crippen molar-refractivity contribution in [3.63, 3.8) is 0 Å². The van der Waals surface area contributed by atoms with E-state index in [1.54, 1.807) is 4.68 Å². The maximum absolute atomic E-state index is 6.12.